The molecule has 0 spiro atoms. The summed E-state index contributed by atoms with van der Waals surface area (Å²) in [6.45, 7) is 5.98. The van der Waals surface area contributed by atoms with Gasteiger partial charge in [-0.15, -0.1) is 0 Å². The van der Waals surface area contributed by atoms with E-state index in [9.17, 15) is 4.79 Å². The molecule has 1 heterocycles. The second-order valence-corrected chi connectivity index (χ2v) is 5.54. The molecule has 0 saturated carbocycles. The second-order valence-electron chi connectivity index (χ2n) is 4.69. The van der Waals surface area contributed by atoms with Crippen molar-refractivity contribution < 1.29 is 9.53 Å². The number of carbonyl (C=O) groups excluding carboxylic acids is 1. The van der Waals surface area contributed by atoms with Crippen molar-refractivity contribution in [3.8, 4) is 0 Å². The topological polar surface area (TPSA) is 42.1 Å². The van der Waals surface area contributed by atoms with E-state index in [1.807, 2.05) is 19.1 Å². The summed E-state index contributed by atoms with van der Waals surface area (Å²) in [4.78, 5) is 15.2. The molecule has 3 nitrogen and oxygen atoms in total. The molecule has 1 aromatic heterocycles. The maximum Gasteiger partial charge on any atom is 0.355 e. The number of carbonyl (C=O) groups is 1. The van der Waals surface area contributed by atoms with Crippen molar-refractivity contribution in [2.24, 2.45) is 0 Å². The van der Waals surface area contributed by atoms with Crippen molar-refractivity contribution >= 4 is 32.5 Å². The van der Waals surface area contributed by atoms with Gasteiger partial charge in [0.2, 0.25) is 0 Å². The van der Waals surface area contributed by atoms with E-state index in [1.54, 1.807) is 12.1 Å². The Hall–Kier alpha value is -1.81. The third-order valence-corrected chi connectivity index (χ3v) is 4.08. The fourth-order valence-corrected chi connectivity index (χ4v) is 2.41. The summed E-state index contributed by atoms with van der Waals surface area (Å²) in [6.07, 6.45) is 11.9. The molecule has 1 aliphatic carbocycles. The zero-order chi connectivity index (χ0) is 15.2. The molecule has 4 heteroatoms. The number of esters is 1. The lowest BCUT2D eigenvalue weighted by Gasteiger charge is -2.07. The van der Waals surface area contributed by atoms with Crippen molar-refractivity contribution in [1.29, 1.82) is 0 Å². The normalized spacial score (nSPS) is 14.8. The molecule has 0 amide bonds. The minimum absolute atomic E-state index is 0.303. The maximum atomic E-state index is 12.1. The number of allylic oxidation sites excluding steroid dienone is 3. The summed E-state index contributed by atoms with van der Waals surface area (Å²) < 4.78 is 6.22. The van der Waals surface area contributed by atoms with Crippen molar-refractivity contribution in [1.82, 2.24) is 4.98 Å². The molecular formula is C17H18BrNO2. The highest BCUT2D eigenvalue weighted by atomic mass is 79.9. The molecule has 21 heavy (non-hydrogen) atoms. The number of nitrogens with one attached hydrogen (secondary N) is 1. The Morgan fingerprint density at radius 2 is 2.33 bits per heavy atom. The quantitative estimate of drug-likeness (QED) is 0.773. The van der Waals surface area contributed by atoms with E-state index in [1.165, 1.54) is 0 Å². The molecule has 0 radical (unpaired) electrons. The third kappa shape index (κ3) is 3.85. The number of aromatic nitrogens is 1. The van der Waals surface area contributed by atoms with Gasteiger partial charge >= 0.3 is 5.97 Å². The number of hydrogen-bond donors (Lipinski definition) is 1. The zero-order valence-corrected chi connectivity index (χ0v) is 13.6. The molecule has 1 aliphatic rings. The molecule has 1 aromatic rings. The molecular weight excluding hydrogens is 330 g/mol. The van der Waals surface area contributed by atoms with Gasteiger partial charge in [0.05, 0.1) is 5.69 Å². The Labute approximate surface area is 133 Å². The Kier molecular flexibility index (Phi) is 5.39. The fraction of sp³-hybridized carbons (Fsp3) is 0.235. The number of aromatic amines is 1. The van der Waals surface area contributed by atoms with Crippen LogP contribution in [-0.4, -0.2) is 17.6 Å². The number of halogens is 1. The van der Waals surface area contributed by atoms with Crippen LogP contribution in [0.15, 0.2) is 42.5 Å². The molecule has 2 rings (SSSR count). The highest BCUT2D eigenvalue weighted by Crippen LogP contribution is 2.26. The SMILES string of the molecule is C=Cc1cc(C(=O)OCC2=CCCC=C2)[nH]c1/C(Br)=C\C. The first kappa shape index (κ1) is 15.6. The summed E-state index contributed by atoms with van der Waals surface area (Å²) in [5, 5.41) is 0. The van der Waals surface area contributed by atoms with Gasteiger partial charge in [-0.2, -0.15) is 0 Å². The van der Waals surface area contributed by atoms with Crippen LogP contribution in [0, 0.1) is 0 Å². The van der Waals surface area contributed by atoms with E-state index < -0.39 is 0 Å². The number of hydrogen-bond acceptors (Lipinski definition) is 2. The Morgan fingerprint density at radius 3 is 2.95 bits per heavy atom. The summed E-state index contributed by atoms with van der Waals surface area (Å²) in [5.74, 6) is -0.361. The lowest BCUT2D eigenvalue weighted by Crippen LogP contribution is -2.08. The standard InChI is InChI=1S/C17H18BrNO2/c1-3-13-10-15(19-16(13)14(18)4-2)17(20)21-11-12-8-6-5-7-9-12/h3-4,6,8-10,19H,1,5,7,11H2,2H3/b14-4+. The van der Waals surface area contributed by atoms with E-state index in [2.05, 4.69) is 39.6 Å². The lowest BCUT2D eigenvalue weighted by molar-refractivity contribution is 0.0536. The Morgan fingerprint density at radius 1 is 1.52 bits per heavy atom. The van der Waals surface area contributed by atoms with Crippen molar-refractivity contribution in [3.63, 3.8) is 0 Å². The van der Waals surface area contributed by atoms with Gasteiger partial charge < -0.3 is 9.72 Å². The van der Waals surface area contributed by atoms with Crippen LogP contribution in [0.25, 0.3) is 10.6 Å². The van der Waals surface area contributed by atoms with Gasteiger partial charge in [-0.05, 0) is 47.3 Å². The second kappa shape index (κ2) is 7.27. The van der Waals surface area contributed by atoms with Crippen molar-refractivity contribution in [2.45, 2.75) is 19.8 Å². The van der Waals surface area contributed by atoms with E-state index >= 15 is 0 Å². The van der Waals surface area contributed by atoms with Gasteiger partial charge in [0.1, 0.15) is 12.3 Å². The van der Waals surface area contributed by atoms with E-state index in [0.29, 0.717) is 12.3 Å². The van der Waals surface area contributed by atoms with Gasteiger partial charge in [0.25, 0.3) is 0 Å². The predicted molar refractivity (Wildman–Crippen MR) is 90.2 cm³/mol. The molecule has 0 unspecified atom stereocenters. The minimum Gasteiger partial charge on any atom is -0.456 e. The highest BCUT2D eigenvalue weighted by molar-refractivity contribution is 9.15. The average Bonchev–Trinajstić information content (AvgIpc) is 2.97. The van der Waals surface area contributed by atoms with Crippen molar-refractivity contribution in [3.05, 3.63) is 59.5 Å². The minimum atomic E-state index is -0.361. The molecule has 0 atom stereocenters. The monoisotopic (exact) mass is 347 g/mol. The van der Waals surface area contributed by atoms with Crippen LogP contribution in [0.1, 0.15) is 41.5 Å². The summed E-state index contributed by atoms with van der Waals surface area (Å²) in [5.41, 5.74) is 3.17. The Balaban J connectivity index is 2.09. The van der Waals surface area contributed by atoms with Crippen LogP contribution in [0.3, 0.4) is 0 Å². The summed E-state index contributed by atoms with van der Waals surface area (Å²) in [7, 11) is 0. The number of H-pyrrole nitrogens is 1. The first-order chi connectivity index (χ1) is 10.2. The van der Waals surface area contributed by atoms with Gasteiger partial charge in [0, 0.05) is 10.0 Å². The van der Waals surface area contributed by atoms with E-state index in [-0.39, 0.29) is 5.97 Å². The average molecular weight is 348 g/mol. The van der Waals surface area contributed by atoms with E-state index in [0.717, 1.165) is 34.2 Å². The van der Waals surface area contributed by atoms with Gasteiger partial charge in [0.15, 0.2) is 0 Å². The van der Waals surface area contributed by atoms with Gasteiger partial charge in [-0.25, -0.2) is 4.79 Å². The molecule has 110 valence electrons. The zero-order valence-electron chi connectivity index (χ0n) is 12.0. The summed E-state index contributed by atoms with van der Waals surface area (Å²) >= 11 is 3.45. The molecule has 0 aromatic carbocycles. The first-order valence-corrected chi connectivity index (χ1v) is 7.65. The van der Waals surface area contributed by atoms with Crippen molar-refractivity contribution in [2.75, 3.05) is 6.61 Å². The van der Waals surface area contributed by atoms with Crippen LogP contribution in [-0.2, 0) is 4.74 Å². The van der Waals surface area contributed by atoms with Crippen LogP contribution in [0.5, 0.6) is 0 Å². The smallest absolute Gasteiger partial charge is 0.355 e. The van der Waals surface area contributed by atoms with Crippen LogP contribution in [0.2, 0.25) is 0 Å². The van der Waals surface area contributed by atoms with Gasteiger partial charge in [-0.3, -0.25) is 0 Å². The maximum absolute atomic E-state index is 12.1. The molecule has 0 bridgehead atoms. The first-order valence-electron chi connectivity index (χ1n) is 6.86. The predicted octanol–water partition coefficient (Wildman–Crippen LogP) is 4.85. The van der Waals surface area contributed by atoms with Gasteiger partial charge in [-0.1, -0.05) is 37.0 Å². The fourth-order valence-electron chi connectivity index (χ4n) is 2.08. The third-order valence-electron chi connectivity index (χ3n) is 3.22. The van der Waals surface area contributed by atoms with Crippen LogP contribution in [0.4, 0.5) is 0 Å². The van der Waals surface area contributed by atoms with E-state index in [4.69, 9.17) is 4.74 Å². The number of ether oxygens (including phenoxy) is 1. The molecule has 0 aliphatic heterocycles. The number of rotatable bonds is 5. The Bertz CT molecular complexity index is 635. The molecule has 0 fully saturated rings. The largest absolute Gasteiger partial charge is 0.456 e. The summed E-state index contributed by atoms with van der Waals surface area (Å²) in [6, 6.07) is 1.75. The highest BCUT2D eigenvalue weighted by Gasteiger charge is 2.15. The van der Waals surface area contributed by atoms with Crippen LogP contribution >= 0.6 is 15.9 Å². The molecule has 0 saturated heterocycles. The van der Waals surface area contributed by atoms with Crippen LogP contribution < -0.4 is 0 Å². The molecule has 1 N–H and O–H groups in total. The lowest BCUT2D eigenvalue weighted by atomic mass is 10.1.